The first-order valence-electron chi connectivity index (χ1n) is 14.3. The highest BCUT2D eigenvalue weighted by Gasteiger charge is 2.50. The van der Waals surface area contributed by atoms with Crippen molar-refractivity contribution in [2.24, 2.45) is 5.41 Å². The van der Waals surface area contributed by atoms with Crippen molar-refractivity contribution in [3.63, 3.8) is 0 Å². The maximum absolute atomic E-state index is 13.6. The maximum atomic E-state index is 13.6. The smallest absolute Gasteiger partial charge is 0.406 e. The van der Waals surface area contributed by atoms with Gasteiger partial charge >= 0.3 is 6.18 Å². The number of ether oxygens (including phenoxy) is 2. The van der Waals surface area contributed by atoms with Gasteiger partial charge in [-0.25, -0.2) is 0 Å². The topological polar surface area (TPSA) is 74.5 Å². The molecule has 1 aromatic heterocycles. The van der Waals surface area contributed by atoms with E-state index in [4.69, 9.17) is 14.7 Å². The summed E-state index contributed by atoms with van der Waals surface area (Å²) in [7, 11) is 1.51. The monoisotopic (exact) mass is 577 g/mol. The zero-order valence-electron chi connectivity index (χ0n) is 23.6. The van der Waals surface area contributed by atoms with E-state index in [9.17, 15) is 13.2 Å². The van der Waals surface area contributed by atoms with E-state index >= 15 is 0 Å². The maximum Gasteiger partial charge on any atom is 0.406 e. The Balaban J connectivity index is 1.16. The molecule has 7 nitrogen and oxygen atoms in total. The first-order chi connectivity index (χ1) is 20.3. The fourth-order valence-corrected chi connectivity index (χ4v) is 6.50. The summed E-state index contributed by atoms with van der Waals surface area (Å²) in [4.78, 5) is 2.59. The molecule has 10 heteroatoms. The molecule has 1 aliphatic carbocycles. The number of nitriles is 1. The van der Waals surface area contributed by atoms with Gasteiger partial charge in [-0.2, -0.15) is 18.4 Å². The van der Waals surface area contributed by atoms with Crippen LogP contribution < -0.4 is 15.4 Å². The third-order valence-corrected chi connectivity index (χ3v) is 8.66. The number of nitrogens with one attached hydrogen (secondary N) is 2. The first kappa shape index (κ1) is 28.3. The minimum Gasteiger partial charge on any atom is -0.495 e. The van der Waals surface area contributed by atoms with Crippen LogP contribution in [0.4, 0.5) is 24.5 Å². The lowest BCUT2D eigenvalue weighted by molar-refractivity contribution is -0.200. The van der Waals surface area contributed by atoms with Gasteiger partial charge in [-0.1, -0.05) is 12.0 Å². The summed E-state index contributed by atoms with van der Waals surface area (Å²) in [6.07, 6.45) is -0.0942. The fraction of sp³-hybridized carbons (Fsp3) is 0.469. The Hall–Kier alpha value is -3.86. The number of halogens is 3. The van der Waals surface area contributed by atoms with Crippen molar-refractivity contribution in [3.8, 4) is 23.7 Å². The van der Waals surface area contributed by atoms with Gasteiger partial charge in [0.2, 0.25) is 0 Å². The van der Waals surface area contributed by atoms with Gasteiger partial charge in [-0.3, -0.25) is 4.90 Å². The summed E-state index contributed by atoms with van der Waals surface area (Å²) in [5.41, 5.74) is 3.18. The second kappa shape index (κ2) is 11.4. The number of benzene rings is 2. The lowest BCUT2D eigenvalue weighted by atomic mass is 9.75. The molecular weight excluding hydrogens is 543 g/mol. The highest BCUT2D eigenvalue weighted by molar-refractivity contribution is 5.94. The number of methoxy groups -OCH3 is 1. The largest absolute Gasteiger partial charge is 0.495 e. The Kier molecular flexibility index (Phi) is 7.69. The predicted molar refractivity (Wildman–Crippen MR) is 156 cm³/mol. The summed E-state index contributed by atoms with van der Waals surface area (Å²) >= 11 is 0. The number of fused-ring (bicyclic) bond motifs is 1. The van der Waals surface area contributed by atoms with E-state index in [0.29, 0.717) is 39.7 Å². The molecule has 2 N–H and O–H groups in total. The van der Waals surface area contributed by atoms with Crippen molar-refractivity contribution < 1.29 is 22.6 Å². The van der Waals surface area contributed by atoms with E-state index in [1.807, 2.05) is 6.07 Å². The van der Waals surface area contributed by atoms with Crippen molar-refractivity contribution in [2.45, 2.75) is 50.5 Å². The van der Waals surface area contributed by atoms with E-state index < -0.39 is 12.7 Å². The fourth-order valence-electron chi connectivity index (χ4n) is 6.50. The minimum atomic E-state index is -4.39. The molecule has 6 rings (SSSR count). The Morgan fingerprint density at radius 1 is 1.07 bits per heavy atom. The zero-order valence-corrected chi connectivity index (χ0v) is 23.6. The van der Waals surface area contributed by atoms with Gasteiger partial charge in [0.1, 0.15) is 12.3 Å². The van der Waals surface area contributed by atoms with Crippen LogP contribution in [0.5, 0.6) is 5.75 Å². The third kappa shape index (κ3) is 5.88. The number of likely N-dealkylation sites (tertiary alicyclic amines) is 1. The number of aromatic nitrogens is 1. The molecule has 0 unspecified atom stereocenters. The number of nitrogens with zero attached hydrogens (tertiary/aromatic N) is 3. The first-order valence-corrected chi connectivity index (χ1v) is 14.3. The Morgan fingerprint density at radius 2 is 1.86 bits per heavy atom. The van der Waals surface area contributed by atoms with Crippen molar-refractivity contribution in [1.29, 1.82) is 5.26 Å². The highest BCUT2D eigenvalue weighted by atomic mass is 19.4. The standard InChI is InChI=1S/C32H34F3N5O2/c1-41-30-14-22(16-36)7-12-28(30)37-13-3-4-25-15-26-27(5-2-6-29(26)40(25)19-32(33,34)35)38-23-8-10-24(11-9-23)39-17-31(18-39)20-42-21-31/h2,5-7,12,14-15,23-24,37-38H,8-11,13,17-21H2,1H3. The van der Waals surface area contributed by atoms with E-state index in [1.165, 1.54) is 11.7 Å². The van der Waals surface area contributed by atoms with E-state index in [2.05, 4.69) is 33.4 Å². The van der Waals surface area contributed by atoms with Crippen LogP contribution in [0, 0.1) is 28.6 Å². The minimum absolute atomic E-state index is 0.190. The molecule has 0 amide bonds. The van der Waals surface area contributed by atoms with Gasteiger partial charge < -0.3 is 24.7 Å². The molecule has 3 heterocycles. The Labute approximate surface area is 243 Å². The van der Waals surface area contributed by atoms with Gasteiger partial charge in [-0.05, 0) is 61.9 Å². The SMILES string of the molecule is COc1cc(C#N)ccc1NCC#Cc1cc2c(NC3CCC(N4CC5(COC5)C4)CC3)cccc2n1CC(F)(F)F. The molecule has 1 saturated carbocycles. The second-order valence-corrected chi connectivity index (χ2v) is 11.7. The van der Waals surface area contributed by atoms with Crippen molar-refractivity contribution >= 4 is 22.3 Å². The van der Waals surface area contributed by atoms with Gasteiger partial charge in [0.05, 0.1) is 55.4 Å². The van der Waals surface area contributed by atoms with Crippen molar-refractivity contribution in [3.05, 3.63) is 53.7 Å². The second-order valence-electron chi connectivity index (χ2n) is 11.7. The molecule has 220 valence electrons. The lowest BCUT2D eigenvalue weighted by Crippen LogP contribution is -2.68. The van der Waals surface area contributed by atoms with Crippen LogP contribution >= 0.6 is 0 Å². The van der Waals surface area contributed by atoms with Crippen LogP contribution in [-0.4, -0.2) is 67.7 Å². The van der Waals surface area contributed by atoms with Crippen molar-refractivity contribution in [1.82, 2.24) is 9.47 Å². The third-order valence-electron chi connectivity index (χ3n) is 8.66. The summed E-state index contributed by atoms with van der Waals surface area (Å²) in [6, 6.07) is 15.2. The predicted octanol–water partition coefficient (Wildman–Crippen LogP) is 5.60. The molecular formula is C32H34F3N5O2. The summed E-state index contributed by atoms with van der Waals surface area (Å²) in [5.74, 6) is 6.40. The van der Waals surface area contributed by atoms with Crippen molar-refractivity contribution in [2.75, 3.05) is 50.6 Å². The molecule has 2 saturated heterocycles. The molecule has 2 aliphatic heterocycles. The van der Waals surface area contributed by atoms with Crippen LogP contribution in [-0.2, 0) is 11.3 Å². The number of rotatable bonds is 7. The summed E-state index contributed by atoms with van der Waals surface area (Å²) in [6.45, 7) is 3.15. The summed E-state index contributed by atoms with van der Waals surface area (Å²) in [5, 5.41) is 16.6. The molecule has 0 bridgehead atoms. The Bertz CT molecular complexity index is 1540. The molecule has 3 fully saturated rings. The Morgan fingerprint density at radius 3 is 2.52 bits per heavy atom. The van der Waals surface area contributed by atoms with Crippen LogP contribution in [0.3, 0.4) is 0 Å². The van der Waals surface area contributed by atoms with Gasteiger partial charge in [0.25, 0.3) is 0 Å². The number of hydrogen-bond donors (Lipinski definition) is 2. The summed E-state index contributed by atoms with van der Waals surface area (Å²) < 4.78 is 52.8. The van der Waals surface area contributed by atoms with E-state index in [0.717, 1.165) is 63.1 Å². The van der Waals surface area contributed by atoms with E-state index in [1.54, 1.807) is 36.4 Å². The normalized spacial score (nSPS) is 21.5. The molecule has 0 atom stereocenters. The average Bonchev–Trinajstić information content (AvgIpc) is 3.27. The van der Waals surface area contributed by atoms with Crippen LogP contribution in [0.1, 0.15) is 36.9 Å². The molecule has 0 radical (unpaired) electrons. The molecule has 42 heavy (non-hydrogen) atoms. The number of alkyl halides is 3. The quantitative estimate of drug-likeness (QED) is 0.356. The van der Waals surface area contributed by atoms with E-state index in [-0.39, 0.29) is 12.6 Å². The molecule has 3 aliphatic rings. The lowest BCUT2D eigenvalue weighted by Gasteiger charge is -2.58. The van der Waals surface area contributed by atoms with Gasteiger partial charge in [-0.15, -0.1) is 0 Å². The van der Waals surface area contributed by atoms with Gasteiger partial charge in [0, 0.05) is 47.7 Å². The van der Waals surface area contributed by atoms with Crippen LogP contribution in [0.2, 0.25) is 0 Å². The highest BCUT2D eigenvalue weighted by Crippen LogP contribution is 2.41. The van der Waals surface area contributed by atoms with Gasteiger partial charge in [0.15, 0.2) is 0 Å². The van der Waals surface area contributed by atoms with Crippen LogP contribution in [0.15, 0.2) is 42.5 Å². The van der Waals surface area contributed by atoms with Crippen LogP contribution in [0.25, 0.3) is 10.9 Å². The molecule has 2 aromatic carbocycles. The molecule has 3 aromatic rings. The zero-order chi connectivity index (χ0) is 29.3. The number of anilines is 2. The molecule has 1 spiro atoms. The number of hydrogen-bond acceptors (Lipinski definition) is 6. The average molecular weight is 578 g/mol.